The van der Waals surface area contributed by atoms with Crippen LogP contribution < -0.4 is 5.32 Å². The number of carbonyl (C=O) groups excluding carboxylic acids is 1. The highest BCUT2D eigenvalue weighted by Crippen LogP contribution is 2.29. The van der Waals surface area contributed by atoms with Crippen LogP contribution in [-0.2, 0) is 4.74 Å². The van der Waals surface area contributed by atoms with Crippen molar-refractivity contribution < 1.29 is 9.53 Å². The lowest BCUT2D eigenvalue weighted by atomic mass is 9.94. The van der Waals surface area contributed by atoms with Crippen LogP contribution in [0.15, 0.2) is 0 Å². The Balaban J connectivity index is 1.69. The van der Waals surface area contributed by atoms with Gasteiger partial charge in [0.25, 0.3) is 0 Å². The van der Waals surface area contributed by atoms with Crippen molar-refractivity contribution in [3.05, 3.63) is 0 Å². The van der Waals surface area contributed by atoms with Crippen molar-refractivity contribution in [1.29, 1.82) is 0 Å². The first-order valence-corrected chi connectivity index (χ1v) is 8.50. The summed E-state index contributed by atoms with van der Waals surface area (Å²) in [6.45, 7) is 10.9. The van der Waals surface area contributed by atoms with Gasteiger partial charge >= 0.3 is 6.09 Å². The van der Waals surface area contributed by atoms with E-state index in [4.69, 9.17) is 4.74 Å². The molecule has 4 heteroatoms. The molecule has 0 aromatic carbocycles. The Kier molecular flexibility index (Phi) is 5.18. The topological polar surface area (TPSA) is 41.6 Å². The molecule has 0 bridgehead atoms. The van der Waals surface area contributed by atoms with Crippen LogP contribution in [0.1, 0.15) is 66.2 Å². The Bertz CT molecular complexity index is 348. The molecular weight excluding hydrogens is 264 g/mol. The van der Waals surface area contributed by atoms with E-state index in [1.54, 1.807) is 0 Å². The molecule has 122 valence electrons. The zero-order valence-electron chi connectivity index (χ0n) is 14.2. The maximum absolute atomic E-state index is 12.0. The van der Waals surface area contributed by atoms with Gasteiger partial charge in [-0.15, -0.1) is 0 Å². The van der Waals surface area contributed by atoms with Gasteiger partial charge < -0.3 is 15.0 Å². The molecule has 0 unspecified atom stereocenters. The second-order valence-electron chi connectivity index (χ2n) is 8.06. The summed E-state index contributed by atoms with van der Waals surface area (Å²) in [5.74, 6) is 0.695. The zero-order chi connectivity index (χ0) is 15.5. The molecule has 1 aliphatic carbocycles. The molecular formula is C17H32N2O2. The fourth-order valence-corrected chi connectivity index (χ4v) is 3.37. The van der Waals surface area contributed by atoms with Crippen LogP contribution in [0.5, 0.6) is 0 Å². The lowest BCUT2D eigenvalue weighted by molar-refractivity contribution is 0.0181. The van der Waals surface area contributed by atoms with Crippen molar-refractivity contribution in [3.63, 3.8) is 0 Å². The summed E-state index contributed by atoms with van der Waals surface area (Å²) in [6, 6.07) is 0. The minimum absolute atomic E-state index is 0.156. The molecule has 1 N–H and O–H groups in total. The van der Waals surface area contributed by atoms with E-state index < -0.39 is 5.60 Å². The van der Waals surface area contributed by atoms with Crippen molar-refractivity contribution in [2.75, 3.05) is 19.6 Å². The Morgan fingerprint density at radius 3 is 2.33 bits per heavy atom. The summed E-state index contributed by atoms with van der Waals surface area (Å²) in [4.78, 5) is 13.9. The fourth-order valence-electron chi connectivity index (χ4n) is 3.37. The Hall–Kier alpha value is -0.770. The summed E-state index contributed by atoms with van der Waals surface area (Å²) in [6.07, 6.45) is 7.36. The largest absolute Gasteiger partial charge is 0.444 e. The van der Waals surface area contributed by atoms with Gasteiger partial charge in [0, 0.05) is 18.6 Å². The van der Waals surface area contributed by atoms with E-state index in [1.807, 2.05) is 25.7 Å². The number of carbonyl (C=O) groups is 1. The van der Waals surface area contributed by atoms with Crippen LogP contribution in [0.3, 0.4) is 0 Å². The highest BCUT2D eigenvalue weighted by molar-refractivity contribution is 5.68. The van der Waals surface area contributed by atoms with Crippen molar-refractivity contribution in [2.45, 2.75) is 77.4 Å². The van der Waals surface area contributed by atoms with E-state index in [-0.39, 0.29) is 6.09 Å². The molecule has 1 saturated carbocycles. The van der Waals surface area contributed by atoms with Crippen LogP contribution in [0.25, 0.3) is 0 Å². The molecule has 4 nitrogen and oxygen atoms in total. The average Bonchev–Trinajstić information content (AvgIpc) is 2.82. The molecule has 0 radical (unpaired) electrons. The molecule has 0 spiro atoms. The summed E-state index contributed by atoms with van der Waals surface area (Å²) in [5.41, 5.74) is -0.0329. The summed E-state index contributed by atoms with van der Waals surface area (Å²) < 4.78 is 5.44. The summed E-state index contributed by atoms with van der Waals surface area (Å²) >= 11 is 0. The van der Waals surface area contributed by atoms with Gasteiger partial charge in [-0.1, -0.05) is 12.8 Å². The van der Waals surface area contributed by atoms with Gasteiger partial charge in [0.1, 0.15) is 5.60 Å². The number of hydrogen-bond acceptors (Lipinski definition) is 3. The number of hydrogen-bond donors (Lipinski definition) is 1. The minimum atomic E-state index is -0.396. The third kappa shape index (κ3) is 5.17. The van der Waals surface area contributed by atoms with Crippen LogP contribution in [-0.4, -0.2) is 41.8 Å². The fraction of sp³-hybridized carbons (Fsp3) is 0.941. The van der Waals surface area contributed by atoms with E-state index in [1.165, 1.54) is 25.7 Å². The van der Waals surface area contributed by atoms with E-state index >= 15 is 0 Å². The van der Waals surface area contributed by atoms with Crippen molar-refractivity contribution in [1.82, 2.24) is 10.2 Å². The first-order valence-electron chi connectivity index (χ1n) is 8.50. The number of ether oxygens (including phenoxy) is 1. The van der Waals surface area contributed by atoms with Gasteiger partial charge in [0.2, 0.25) is 0 Å². The lowest BCUT2D eigenvalue weighted by Gasteiger charge is -2.35. The van der Waals surface area contributed by atoms with Gasteiger partial charge in [0.05, 0.1) is 0 Å². The normalized spacial score (nSPS) is 23.3. The SMILES string of the molecule is CC1(NCC2CCN(C(=O)OC(C)(C)C)CC2)CCCC1. The van der Waals surface area contributed by atoms with Crippen LogP contribution in [0.4, 0.5) is 4.79 Å². The Morgan fingerprint density at radius 1 is 1.24 bits per heavy atom. The number of rotatable bonds is 3. The van der Waals surface area contributed by atoms with Gasteiger partial charge in [-0.25, -0.2) is 4.79 Å². The average molecular weight is 296 g/mol. The standard InChI is InChI=1S/C17H32N2O2/c1-16(2,3)21-15(20)19-11-7-14(8-12-19)13-18-17(4)9-5-6-10-17/h14,18H,5-13H2,1-4H3. The number of amides is 1. The van der Waals surface area contributed by atoms with E-state index in [9.17, 15) is 4.79 Å². The Labute approximate surface area is 129 Å². The quantitative estimate of drug-likeness (QED) is 0.866. The van der Waals surface area contributed by atoms with Gasteiger partial charge in [-0.05, 0) is 65.8 Å². The van der Waals surface area contributed by atoms with Gasteiger partial charge in [-0.2, -0.15) is 0 Å². The van der Waals surface area contributed by atoms with Crippen LogP contribution in [0, 0.1) is 5.92 Å². The Morgan fingerprint density at radius 2 is 1.81 bits per heavy atom. The molecule has 2 rings (SSSR count). The van der Waals surface area contributed by atoms with E-state index in [0.717, 1.165) is 32.5 Å². The maximum Gasteiger partial charge on any atom is 0.410 e. The second-order valence-corrected chi connectivity index (χ2v) is 8.06. The molecule has 0 aromatic heterocycles. The minimum Gasteiger partial charge on any atom is -0.444 e. The summed E-state index contributed by atoms with van der Waals surface area (Å²) in [5, 5.41) is 3.78. The number of nitrogens with zero attached hydrogens (tertiary/aromatic N) is 1. The first-order chi connectivity index (χ1) is 9.77. The number of nitrogens with one attached hydrogen (secondary N) is 1. The first kappa shape index (κ1) is 16.6. The molecule has 0 aromatic rings. The van der Waals surface area contributed by atoms with Crippen molar-refractivity contribution >= 4 is 6.09 Å². The zero-order valence-corrected chi connectivity index (χ0v) is 14.2. The highest BCUT2D eigenvalue weighted by Gasteiger charge is 2.30. The third-order valence-electron chi connectivity index (χ3n) is 4.79. The molecule has 2 aliphatic rings. The predicted octanol–water partition coefficient (Wildman–Crippen LogP) is 3.56. The highest BCUT2D eigenvalue weighted by atomic mass is 16.6. The maximum atomic E-state index is 12.0. The predicted molar refractivity (Wildman–Crippen MR) is 85.4 cm³/mol. The molecule has 1 amide bonds. The molecule has 21 heavy (non-hydrogen) atoms. The van der Waals surface area contributed by atoms with E-state index in [2.05, 4.69) is 12.2 Å². The van der Waals surface area contributed by atoms with Gasteiger partial charge in [0.15, 0.2) is 0 Å². The second kappa shape index (κ2) is 6.55. The van der Waals surface area contributed by atoms with Gasteiger partial charge in [-0.3, -0.25) is 0 Å². The van der Waals surface area contributed by atoms with Crippen LogP contribution in [0.2, 0.25) is 0 Å². The molecule has 1 aliphatic heterocycles. The monoisotopic (exact) mass is 296 g/mol. The molecule has 1 heterocycles. The molecule has 2 fully saturated rings. The number of likely N-dealkylation sites (tertiary alicyclic amines) is 1. The van der Waals surface area contributed by atoms with Crippen molar-refractivity contribution in [3.8, 4) is 0 Å². The molecule has 1 saturated heterocycles. The smallest absolute Gasteiger partial charge is 0.410 e. The third-order valence-corrected chi connectivity index (χ3v) is 4.79. The lowest BCUT2D eigenvalue weighted by Crippen LogP contribution is -2.46. The summed E-state index contributed by atoms with van der Waals surface area (Å²) in [7, 11) is 0. The number of piperidine rings is 1. The van der Waals surface area contributed by atoms with E-state index in [0.29, 0.717) is 11.5 Å². The van der Waals surface area contributed by atoms with Crippen LogP contribution >= 0.6 is 0 Å². The molecule has 0 atom stereocenters. The van der Waals surface area contributed by atoms with Crippen molar-refractivity contribution in [2.24, 2.45) is 5.92 Å².